The SMILES string of the molecule is [CH2-]C.[CH2-]CCC(N)=O.[Y]. The molecule has 0 aliphatic rings. The summed E-state index contributed by atoms with van der Waals surface area (Å²) in [6.07, 6.45) is 1.01. The Balaban J connectivity index is -0.000000109. The zero-order valence-corrected chi connectivity index (χ0v) is 8.73. The summed E-state index contributed by atoms with van der Waals surface area (Å²) in [6.45, 7) is 8.43. The third-order valence-corrected chi connectivity index (χ3v) is 0.423. The van der Waals surface area contributed by atoms with Crippen molar-refractivity contribution in [2.24, 2.45) is 5.73 Å². The van der Waals surface area contributed by atoms with Crippen molar-refractivity contribution >= 4 is 5.91 Å². The number of carbonyl (C=O) groups excluding carboxylic acids is 1. The van der Waals surface area contributed by atoms with Crippen LogP contribution >= 0.6 is 0 Å². The number of rotatable bonds is 2. The fourth-order valence-corrected chi connectivity index (χ4v) is 0.174. The molecule has 0 aromatic heterocycles. The van der Waals surface area contributed by atoms with Gasteiger partial charge in [-0.2, -0.15) is 13.3 Å². The maximum absolute atomic E-state index is 9.78. The molecular weight excluding hydrogens is 191 g/mol. The molecule has 1 radical (unpaired) electrons. The van der Waals surface area contributed by atoms with E-state index in [1.54, 1.807) is 6.92 Å². The van der Waals surface area contributed by atoms with Gasteiger partial charge in [-0.05, 0) is 6.42 Å². The molecule has 0 unspecified atom stereocenters. The van der Waals surface area contributed by atoms with Gasteiger partial charge in [0.1, 0.15) is 0 Å². The van der Waals surface area contributed by atoms with Crippen LogP contribution in [0, 0.1) is 13.8 Å². The Hall–Kier alpha value is 0.574. The molecule has 0 atom stereocenters. The summed E-state index contributed by atoms with van der Waals surface area (Å²) < 4.78 is 0. The normalized spacial score (nSPS) is 6.11. The molecule has 0 saturated heterocycles. The van der Waals surface area contributed by atoms with Gasteiger partial charge in [0.2, 0.25) is 5.91 Å². The van der Waals surface area contributed by atoms with Crippen molar-refractivity contribution in [3.8, 4) is 0 Å². The molecule has 0 aliphatic heterocycles. The van der Waals surface area contributed by atoms with Crippen LogP contribution in [0.4, 0.5) is 0 Å². The molecule has 0 bridgehead atoms. The van der Waals surface area contributed by atoms with Crippen LogP contribution < -0.4 is 5.73 Å². The predicted molar refractivity (Wildman–Crippen MR) is 34.8 cm³/mol. The minimum absolute atomic E-state index is 0. The Labute approximate surface area is 82.5 Å². The minimum Gasteiger partial charge on any atom is -0.370 e. The van der Waals surface area contributed by atoms with E-state index in [9.17, 15) is 4.79 Å². The van der Waals surface area contributed by atoms with E-state index in [2.05, 4.69) is 13.8 Å². The molecule has 0 aliphatic carbocycles. The summed E-state index contributed by atoms with van der Waals surface area (Å²) >= 11 is 0. The first-order valence-electron chi connectivity index (χ1n) is 2.55. The summed E-state index contributed by atoms with van der Waals surface area (Å²) in [5, 5.41) is 0. The van der Waals surface area contributed by atoms with E-state index in [1.165, 1.54) is 0 Å². The van der Waals surface area contributed by atoms with Crippen molar-refractivity contribution in [3.63, 3.8) is 0 Å². The van der Waals surface area contributed by atoms with Crippen LogP contribution in [0.1, 0.15) is 19.8 Å². The van der Waals surface area contributed by atoms with Crippen molar-refractivity contribution in [2.75, 3.05) is 0 Å². The number of nitrogens with two attached hydrogens (primary N) is 1. The van der Waals surface area contributed by atoms with Gasteiger partial charge in [0, 0.05) is 32.7 Å². The molecule has 0 heterocycles. The van der Waals surface area contributed by atoms with E-state index in [0.717, 1.165) is 0 Å². The number of amides is 1. The van der Waals surface area contributed by atoms with Gasteiger partial charge in [-0.1, -0.05) is 0 Å². The molecular formula is C6H13NOY-2. The Morgan fingerprint density at radius 1 is 1.56 bits per heavy atom. The molecule has 2 nitrogen and oxygen atoms in total. The molecule has 0 fully saturated rings. The molecule has 1 amide bonds. The van der Waals surface area contributed by atoms with Crippen molar-refractivity contribution in [1.82, 2.24) is 0 Å². The van der Waals surface area contributed by atoms with Gasteiger partial charge < -0.3 is 19.6 Å². The zero-order chi connectivity index (χ0) is 6.99. The van der Waals surface area contributed by atoms with Gasteiger partial charge in [0.05, 0.1) is 0 Å². The average Bonchev–Trinajstić information content (AvgIpc) is 1.72. The topological polar surface area (TPSA) is 43.1 Å². The maximum Gasteiger partial charge on any atom is 0.214 e. The first-order chi connectivity index (χ1) is 3.77. The van der Waals surface area contributed by atoms with Crippen LogP contribution in [0.15, 0.2) is 0 Å². The quantitative estimate of drug-likeness (QED) is 0.668. The zero-order valence-electron chi connectivity index (χ0n) is 5.89. The molecule has 0 aromatic carbocycles. The molecule has 9 heavy (non-hydrogen) atoms. The largest absolute Gasteiger partial charge is 0.370 e. The number of carbonyl (C=O) groups is 1. The molecule has 0 rings (SSSR count). The van der Waals surface area contributed by atoms with Gasteiger partial charge in [-0.15, -0.1) is 0 Å². The van der Waals surface area contributed by atoms with Crippen LogP contribution in [0.5, 0.6) is 0 Å². The molecule has 2 N–H and O–H groups in total. The second kappa shape index (κ2) is 15.8. The smallest absolute Gasteiger partial charge is 0.214 e. The second-order valence-electron chi connectivity index (χ2n) is 1.07. The molecule has 0 spiro atoms. The predicted octanol–water partition coefficient (Wildman–Crippen LogP) is 0.924. The van der Waals surface area contributed by atoms with Crippen LogP contribution in [-0.2, 0) is 37.5 Å². The Kier molecular flexibility index (Phi) is 28.6. The van der Waals surface area contributed by atoms with Crippen molar-refractivity contribution in [3.05, 3.63) is 13.8 Å². The minimum atomic E-state index is -0.273. The second-order valence-corrected chi connectivity index (χ2v) is 1.07. The fraction of sp³-hybridized carbons (Fsp3) is 0.500. The van der Waals surface area contributed by atoms with Crippen LogP contribution in [0.2, 0.25) is 0 Å². The van der Waals surface area contributed by atoms with Crippen LogP contribution in [0.25, 0.3) is 0 Å². The van der Waals surface area contributed by atoms with Crippen molar-refractivity contribution < 1.29 is 37.5 Å². The van der Waals surface area contributed by atoms with Crippen molar-refractivity contribution in [2.45, 2.75) is 19.8 Å². The standard InChI is InChI=1S/C4H8NO.C2H5.Y/c1-2-3-4(5)6;1-2;/h1-3H2,(H2,5,6);1H2,2H3;/q2*-1;. The van der Waals surface area contributed by atoms with E-state index in [4.69, 9.17) is 5.73 Å². The van der Waals surface area contributed by atoms with E-state index < -0.39 is 0 Å². The summed E-state index contributed by atoms with van der Waals surface area (Å²) in [7, 11) is 0. The summed E-state index contributed by atoms with van der Waals surface area (Å²) in [5.41, 5.74) is 4.72. The first-order valence-corrected chi connectivity index (χ1v) is 2.55. The monoisotopic (exact) mass is 204 g/mol. The van der Waals surface area contributed by atoms with Crippen LogP contribution in [-0.4, -0.2) is 5.91 Å². The Morgan fingerprint density at radius 3 is 1.89 bits per heavy atom. The van der Waals surface area contributed by atoms with Gasteiger partial charge in [0.15, 0.2) is 0 Å². The molecule has 0 saturated carbocycles. The van der Waals surface area contributed by atoms with E-state index in [-0.39, 0.29) is 38.6 Å². The van der Waals surface area contributed by atoms with E-state index in [1.807, 2.05) is 0 Å². The van der Waals surface area contributed by atoms with Gasteiger partial charge >= 0.3 is 0 Å². The van der Waals surface area contributed by atoms with E-state index >= 15 is 0 Å². The third kappa shape index (κ3) is 29.0. The Bertz CT molecular complexity index is 57.0. The van der Waals surface area contributed by atoms with Gasteiger partial charge in [0.25, 0.3) is 0 Å². The van der Waals surface area contributed by atoms with Crippen LogP contribution in [0.3, 0.4) is 0 Å². The average molecular weight is 204 g/mol. The first kappa shape index (κ1) is 16.3. The number of hydrogen-bond acceptors (Lipinski definition) is 1. The van der Waals surface area contributed by atoms with E-state index in [0.29, 0.717) is 12.8 Å². The fourth-order valence-electron chi connectivity index (χ4n) is 0.174. The Morgan fingerprint density at radius 2 is 1.89 bits per heavy atom. The number of hydrogen-bond donors (Lipinski definition) is 1. The number of primary amides is 1. The summed E-state index contributed by atoms with van der Waals surface area (Å²) in [4.78, 5) is 9.78. The molecule has 53 valence electrons. The van der Waals surface area contributed by atoms with Crippen molar-refractivity contribution in [1.29, 1.82) is 0 Å². The maximum atomic E-state index is 9.78. The van der Waals surface area contributed by atoms with Gasteiger partial charge in [-0.3, -0.25) is 4.79 Å². The molecule has 3 heteroatoms. The third-order valence-electron chi connectivity index (χ3n) is 0.423. The molecule has 0 aromatic rings. The van der Waals surface area contributed by atoms with Gasteiger partial charge in [-0.25, -0.2) is 0 Å². The summed E-state index contributed by atoms with van der Waals surface area (Å²) in [5.74, 6) is -0.273. The summed E-state index contributed by atoms with van der Waals surface area (Å²) in [6, 6.07) is 0.